The highest BCUT2D eigenvalue weighted by Crippen LogP contribution is 2.28. The maximum absolute atomic E-state index is 12.4. The molecule has 12 heteroatoms. The molecule has 2 aromatic heterocycles. The maximum Gasteiger partial charge on any atom is 0.451 e. The van der Waals surface area contributed by atoms with E-state index in [4.69, 9.17) is 0 Å². The van der Waals surface area contributed by atoms with Crippen molar-refractivity contribution < 1.29 is 18.0 Å². The van der Waals surface area contributed by atoms with Crippen LogP contribution in [-0.4, -0.2) is 27.4 Å². The fraction of sp³-hybridized carbons (Fsp3) is 0.200. The van der Waals surface area contributed by atoms with Gasteiger partial charge in [0.25, 0.3) is 5.56 Å². The number of urea groups is 1. The molecule has 0 aliphatic carbocycles. The SMILES string of the molecule is CNC(=O)Nc1c(Nc2cnc(C(F)(F)F)nc2)s[nH]c1=O. The Balaban J connectivity index is 2.21. The summed E-state index contributed by atoms with van der Waals surface area (Å²) in [4.78, 5) is 29.2. The zero-order valence-corrected chi connectivity index (χ0v) is 11.7. The summed E-state index contributed by atoms with van der Waals surface area (Å²) in [7, 11) is 1.37. The number of anilines is 3. The Labute approximate surface area is 124 Å². The number of halogens is 3. The van der Waals surface area contributed by atoms with E-state index < -0.39 is 23.6 Å². The minimum atomic E-state index is -4.64. The normalized spacial score (nSPS) is 11.1. The number of nitrogens with one attached hydrogen (secondary N) is 4. The fourth-order valence-electron chi connectivity index (χ4n) is 1.35. The van der Waals surface area contributed by atoms with Crippen LogP contribution in [0.15, 0.2) is 17.2 Å². The number of carbonyl (C=O) groups is 1. The molecule has 0 unspecified atom stereocenters. The molecule has 2 amide bonds. The molecular weight excluding hydrogens is 325 g/mol. The standard InChI is InChI=1S/C10H9F3N6O2S/c1-14-9(21)18-5-6(20)19-22-7(5)17-4-2-15-8(16-3-4)10(11,12)13/h2-3,17H,1H3,(H,19,20)(H2,14,18,21). The van der Waals surface area contributed by atoms with Gasteiger partial charge >= 0.3 is 12.2 Å². The van der Waals surface area contributed by atoms with E-state index in [0.717, 1.165) is 23.9 Å². The minimum absolute atomic E-state index is 0.0655. The van der Waals surface area contributed by atoms with E-state index in [1.165, 1.54) is 7.05 Å². The number of carbonyl (C=O) groups excluding carboxylic acids is 1. The summed E-state index contributed by atoms with van der Waals surface area (Å²) in [6.45, 7) is 0. The van der Waals surface area contributed by atoms with Crippen LogP contribution in [0.1, 0.15) is 5.82 Å². The number of aromatic nitrogens is 3. The molecule has 0 bridgehead atoms. The third kappa shape index (κ3) is 3.52. The Morgan fingerprint density at radius 2 is 1.95 bits per heavy atom. The molecule has 4 N–H and O–H groups in total. The number of hydrogen-bond acceptors (Lipinski definition) is 6. The van der Waals surface area contributed by atoms with Gasteiger partial charge < -0.3 is 16.0 Å². The first-order valence-corrected chi connectivity index (χ1v) is 6.49. The van der Waals surface area contributed by atoms with E-state index in [0.29, 0.717) is 0 Å². The molecule has 0 saturated heterocycles. The number of rotatable bonds is 3. The Bertz CT molecular complexity index is 723. The molecule has 0 atom stereocenters. The Morgan fingerprint density at radius 3 is 2.50 bits per heavy atom. The van der Waals surface area contributed by atoms with Crippen LogP contribution in [0.25, 0.3) is 0 Å². The van der Waals surface area contributed by atoms with Gasteiger partial charge in [-0.2, -0.15) is 13.2 Å². The molecule has 118 valence electrons. The molecule has 0 radical (unpaired) electrons. The Hall–Kier alpha value is -2.63. The average Bonchev–Trinajstić information content (AvgIpc) is 2.79. The average molecular weight is 334 g/mol. The lowest BCUT2D eigenvalue weighted by molar-refractivity contribution is -0.144. The molecule has 0 aliphatic rings. The maximum atomic E-state index is 12.4. The van der Waals surface area contributed by atoms with Crippen molar-refractivity contribution in [2.24, 2.45) is 0 Å². The van der Waals surface area contributed by atoms with E-state index >= 15 is 0 Å². The number of amides is 2. The predicted molar refractivity (Wildman–Crippen MR) is 73.3 cm³/mol. The highest BCUT2D eigenvalue weighted by Gasteiger charge is 2.34. The van der Waals surface area contributed by atoms with E-state index in [1.54, 1.807) is 0 Å². The monoisotopic (exact) mass is 334 g/mol. The number of alkyl halides is 3. The summed E-state index contributed by atoms with van der Waals surface area (Å²) >= 11 is 0.864. The van der Waals surface area contributed by atoms with E-state index in [9.17, 15) is 22.8 Å². The van der Waals surface area contributed by atoms with E-state index in [-0.39, 0.29) is 16.4 Å². The molecule has 0 aliphatic heterocycles. The Morgan fingerprint density at radius 1 is 1.32 bits per heavy atom. The van der Waals surface area contributed by atoms with Gasteiger partial charge in [0.05, 0.1) is 18.1 Å². The highest BCUT2D eigenvalue weighted by molar-refractivity contribution is 7.11. The molecule has 0 spiro atoms. The summed E-state index contributed by atoms with van der Waals surface area (Å²) in [5.74, 6) is -1.27. The second kappa shape index (κ2) is 6.01. The minimum Gasteiger partial charge on any atom is -0.342 e. The summed E-state index contributed by atoms with van der Waals surface area (Å²) in [5.41, 5.74) is -0.489. The van der Waals surface area contributed by atoms with Crippen LogP contribution in [0.5, 0.6) is 0 Å². The number of hydrogen-bond donors (Lipinski definition) is 4. The molecule has 0 saturated carbocycles. The largest absolute Gasteiger partial charge is 0.451 e. The predicted octanol–water partition coefficient (Wildman–Crippen LogP) is 1.74. The smallest absolute Gasteiger partial charge is 0.342 e. The Kier molecular flexibility index (Phi) is 4.30. The summed E-state index contributed by atoms with van der Waals surface area (Å²) in [6.07, 6.45) is -2.79. The molecule has 2 heterocycles. The van der Waals surface area contributed by atoms with Gasteiger partial charge in [0.15, 0.2) is 0 Å². The fourth-order valence-corrected chi connectivity index (χ4v) is 2.06. The first-order chi connectivity index (χ1) is 10.3. The molecule has 2 aromatic rings. The third-order valence-corrected chi connectivity index (χ3v) is 3.13. The quantitative estimate of drug-likeness (QED) is 0.683. The van der Waals surface area contributed by atoms with Gasteiger partial charge in [-0.3, -0.25) is 9.17 Å². The summed E-state index contributed by atoms with van der Waals surface area (Å²) in [6, 6.07) is -0.615. The number of H-pyrrole nitrogens is 1. The van der Waals surface area contributed by atoms with Crippen molar-refractivity contribution in [3.63, 3.8) is 0 Å². The molecule has 8 nitrogen and oxygen atoms in total. The van der Waals surface area contributed by atoms with Crippen LogP contribution in [0.4, 0.5) is 34.3 Å². The zero-order valence-electron chi connectivity index (χ0n) is 10.9. The molecule has 0 fully saturated rings. The van der Waals surface area contributed by atoms with Gasteiger partial charge in [-0.05, 0) is 11.5 Å². The second-order valence-corrected chi connectivity index (χ2v) is 4.68. The number of aromatic amines is 1. The van der Waals surface area contributed by atoms with E-state index in [1.807, 2.05) is 0 Å². The van der Waals surface area contributed by atoms with Crippen molar-refractivity contribution in [3.05, 3.63) is 28.6 Å². The lowest BCUT2D eigenvalue weighted by Crippen LogP contribution is -2.27. The molecule has 22 heavy (non-hydrogen) atoms. The van der Waals surface area contributed by atoms with Crippen molar-refractivity contribution in [2.75, 3.05) is 17.7 Å². The van der Waals surface area contributed by atoms with E-state index in [2.05, 4.69) is 30.3 Å². The van der Waals surface area contributed by atoms with Crippen molar-refractivity contribution in [2.45, 2.75) is 6.18 Å². The third-order valence-electron chi connectivity index (χ3n) is 2.33. The van der Waals surface area contributed by atoms with Gasteiger partial charge in [0.2, 0.25) is 5.82 Å². The first kappa shape index (κ1) is 15.8. The lowest BCUT2D eigenvalue weighted by Gasteiger charge is -2.08. The van der Waals surface area contributed by atoms with Gasteiger partial charge in [0, 0.05) is 7.05 Å². The van der Waals surface area contributed by atoms with Crippen LogP contribution >= 0.6 is 11.5 Å². The van der Waals surface area contributed by atoms with Crippen LogP contribution in [0, 0.1) is 0 Å². The van der Waals surface area contributed by atoms with Crippen molar-refractivity contribution in [3.8, 4) is 0 Å². The topological polar surface area (TPSA) is 112 Å². The zero-order chi connectivity index (χ0) is 16.3. The van der Waals surface area contributed by atoms with Crippen LogP contribution in [0.3, 0.4) is 0 Å². The van der Waals surface area contributed by atoms with Gasteiger partial charge in [0.1, 0.15) is 10.7 Å². The van der Waals surface area contributed by atoms with Gasteiger partial charge in [-0.25, -0.2) is 14.8 Å². The van der Waals surface area contributed by atoms with Crippen molar-refractivity contribution >= 4 is 33.9 Å². The summed E-state index contributed by atoms with van der Waals surface area (Å²) in [5, 5.41) is 7.43. The van der Waals surface area contributed by atoms with Gasteiger partial charge in [-0.1, -0.05) is 0 Å². The number of nitrogens with zero attached hydrogens (tertiary/aromatic N) is 2. The van der Waals surface area contributed by atoms with Crippen LogP contribution < -0.4 is 21.5 Å². The first-order valence-electron chi connectivity index (χ1n) is 5.67. The summed E-state index contributed by atoms with van der Waals surface area (Å²) < 4.78 is 39.4. The van der Waals surface area contributed by atoms with Crippen LogP contribution in [0.2, 0.25) is 0 Å². The van der Waals surface area contributed by atoms with Gasteiger partial charge in [-0.15, -0.1) is 0 Å². The second-order valence-electron chi connectivity index (χ2n) is 3.86. The van der Waals surface area contributed by atoms with Crippen molar-refractivity contribution in [1.82, 2.24) is 19.7 Å². The molecular formula is C10H9F3N6O2S. The molecule has 2 rings (SSSR count). The van der Waals surface area contributed by atoms with Crippen molar-refractivity contribution in [1.29, 1.82) is 0 Å². The highest BCUT2D eigenvalue weighted by atomic mass is 32.1. The lowest BCUT2D eigenvalue weighted by atomic mass is 10.4. The molecule has 0 aromatic carbocycles. The van der Waals surface area contributed by atoms with Crippen LogP contribution in [-0.2, 0) is 6.18 Å².